The number of nitrogens with one attached hydrogen (secondary N) is 1. The highest BCUT2D eigenvalue weighted by Crippen LogP contribution is 2.42. The van der Waals surface area contributed by atoms with Crippen molar-refractivity contribution in [1.82, 2.24) is 19.4 Å². The van der Waals surface area contributed by atoms with Gasteiger partial charge < -0.3 is 38.3 Å². The van der Waals surface area contributed by atoms with Gasteiger partial charge in [-0.1, -0.05) is 45.0 Å². The van der Waals surface area contributed by atoms with Gasteiger partial charge in [-0.15, -0.1) is 0 Å². The maximum atomic E-state index is 12.2. The number of hydrogen-bond donors (Lipinski definition) is 1. The highest BCUT2D eigenvalue weighted by molar-refractivity contribution is 6.74. The number of nitro benzene ring substituents is 1. The lowest BCUT2D eigenvalue weighted by molar-refractivity contribution is -0.384. The monoisotopic (exact) mass is 753 g/mol. The molecule has 1 fully saturated rings. The van der Waals surface area contributed by atoms with Crippen LogP contribution in [-0.2, 0) is 16.0 Å². The van der Waals surface area contributed by atoms with E-state index in [1.54, 1.807) is 12.3 Å². The molecule has 286 valence electrons. The number of rotatable bonds is 14. The number of likely N-dealkylation sites (N-methyl/N-ethyl adjacent to an activating group) is 2. The summed E-state index contributed by atoms with van der Waals surface area (Å²) < 4.78 is 26.6. The maximum absolute atomic E-state index is 12.2. The summed E-state index contributed by atoms with van der Waals surface area (Å²) in [6, 6.07) is 19.5. The van der Waals surface area contributed by atoms with E-state index in [9.17, 15) is 10.1 Å². The van der Waals surface area contributed by atoms with E-state index in [1.165, 1.54) is 13.2 Å². The van der Waals surface area contributed by atoms with Crippen molar-refractivity contribution in [3.63, 3.8) is 0 Å². The molecule has 6 rings (SSSR count). The first-order valence-electron chi connectivity index (χ1n) is 18.1. The Morgan fingerprint density at radius 2 is 1.76 bits per heavy atom. The molecule has 3 aromatic carbocycles. The average molecular weight is 754 g/mol. The summed E-state index contributed by atoms with van der Waals surface area (Å²) >= 11 is 0. The van der Waals surface area contributed by atoms with E-state index in [4.69, 9.17) is 23.6 Å². The topological polar surface area (TPSA) is 129 Å². The Kier molecular flexibility index (Phi) is 11.3. The van der Waals surface area contributed by atoms with Crippen LogP contribution in [0.25, 0.3) is 22.2 Å². The Bertz CT molecular complexity index is 2120. The van der Waals surface area contributed by atoms with E-state index < -0.39 is 14.6 Å². The van der Waals surface area contributed by atoms with Gasteiger partial charge in [-0.3, -0.25) is 10.1 Å². The van der Waals surface area contributed by atoms with Crippen LogP contribution in [0.15, 0.2) is 73.1 Å². The highest BCUT2D eigenvalue weighted by atomic mass is 28.4. The van der Waals surface area contributed by atoms with Crippen LogP contribution in [0.1, 0.15) is 38.2 Å². The minimum Gasteiger partial charge on any atom is -0.543 e. The fourth-order valence-electron chi connectivity index (χ4n) is 6.15. The molecule has 1 aliphatic heterocycles. The molecule has 54 heavy (non-hydrogen) atoms. The minimum atomic E-state index is -2.12. The van der Waals surface area contributed by atoms with E-state index >= 15 is 0 Å². The van der Waals surface area contributed by atoms with E-state index in [0.717, 1.165) is 39.9 Å². The SMILES string of the molecule is COc1cc(N(C)CCN(C)C)c([N+](=O)[O-])cc1Nc1nccc(-c2cn(Cc3ccc(O[Si](C)(C)C(C)(C)C)c(C4OCCO4)c3)c3ccccc23)n1. The number of nitrogens with zero attached hydrogens (tertiary/aromatic N) is 6. The van der Waals surface area contributed by atoms with Crippen molar-refractivity contribution < 1.29 is 23.6 Å². The molecule has 0 radical (unpaired) electrons. The number of ether oxygens (including phenoxy) is 3. The number of hydrogen-bond acceptors (Lipinski definition) is 11. The second-order valence-corrected chi connectivity index (χ2v) is 20.1. The Labute approximate surface area is 318 Å². The third-order valence-corrected chi connectivity index (χ3v) is 14.6. The number of para-hydroxylation sites is 1. The molecule has 0 atom stereocenters. The van der Waals surface area contributed by atoms with Gasteiger partial charge in [0.25, 0.3) is 5.69 Å². The molecule has 1 N–H and O–H groups in total. The van der Waals surface area contributed by atoms with Crippen LogP contribution < -0.4 is 19.4 Å². The standard InChI is InChI=1S/C40H51N7O6Si/c1-40(2,3)54(8,9)53-36-15-14-27(22-29(36)38-51-20-21-52-38)25-46-26-30(28-12-10-11-13-33(28)46)31-16-17-41-39(42-31)43-32-23-35(47(48)49)34(24-37(32)50-7)45(6)19-18-44(4)5/h10-17,22-24,26,38H,18-21,25H2,1-9H3,(H,41,42,43). The molecule has 3 heterocycles. The molecule has 0 aliphatic carbocycles. The van der Waals surface area contributed by atoms with Gasteiger partial charge in [0.15, 0.2) is 6.29 Å². The predicted molar refractivity (Wildman–Crippen MR) is 216 cm³/mol. The average Bonchev–Trinajstić information content (AvgIpc) is 3.80. The number of anilines is 3. The van der Waals surface area contributed by atoms with Crippen molar-refractivity contribution in [2.75, 3.05) is 64.8 Å². The largest absolute Gasteiger partial charge is 0.543 e. The van der Waals surface area contributed by atoms with Crippen LogP contribution in [-0.4, -0.2) is 87.2 Å². The van der Waals surface area contributed by atoms with Crippen molar-refractivity contribution >= 4 is 42.2 Å². The Morgan fingerprint density at radius 3 is 2.44 bits per heavy atom. The number of fused-ring (bicyclic) bond motifs is 1. The summed E-state index contributed by atoms with van der Waals surface area (Å²) in [6.07, 6.45) is 3.30. The van der Waals surface area contributed by atoms with Crippen LogP contribution in [0.4, 0.5) is 23.0 Å². The summed E-state index contributed by atoms with van der Waals surface area (Å²) in [6.45, 7) is 14.2. The second-order valence-electron chi connectivity index (χ2n) is 15.4. The van der Waals surface area contributed by atoms with Gasteiger partial charge in [-0.2, -0.15) is 0 Å². The predicted octanol–water partition coefficient (Wildman–Crippen LogP) is 8.23. The van der Waals surface area contributed by atoms with E-state index in [0.29, 0.717) is 49.1 Å². The van der Waals surface area contributed by atoms with Gasteiger partial charge in [0, 0.05) is 73.2 Å². The van der Waals surface area contributed by atoms with Crippen LogP contribution in [0.2, 0.25) is 18.1 Å². The van der Waals surface area contributed by atoms with Crippen molar-refractivity contribution in [1.29, 1.82) is 0 Å². The van der Waals surface area contributed by atoms with Gasteiger partial charge in [0.05, 0.1) is 36.6 Å². The van der Waals surface area contributed by atoms with Crippen molar-refractivity contribution in [3.05, 3.63) is 94.3 Å². The van der Waals surface area contributed by atoms with Gasteiger partial charge >= 0.3 is 0 Å². The van der Waals surface area contributed by atoms with Gasteiger partial charge in [0.2, 0.25) is 14.3 Å². The molecule has 0 spiro atoms. The summed E-state index contributed by atoms with van der Waals surface area (Å²) in [4.78, 5) is 25.0. The quantitative estimate of drug-likeness (QED) is 0.0669. The summed E-state index contributed by atoms with van der Waals surface area (Å²) in [7, 11) is 5.17. The molecule has 14 heteroatoms. The van der Waals surface area contributed by atoms with Crippen LogP contribution in [0.3, 0.4) is 0 Å². The lowest BCUT2D eigenvalue weighted by Gasteiger charge is -2.37. The lowest BCUT2D eigenvalue weighted by atomic mass is 10.1. The Hall–Kier alpha value is -5.02. The van der Waals surface area contributed by atoms with Gasteiger partial charge in [-0.05, 0) is 62.1 Å². The Morgan fingerprint density at radius 1 is 1.02 bits per heavy atom. The van der Waals surface area contributed by atoms with Crippen molar-refractivity contribution in [3.8, 4) is 22.8 Å². The molecule has 0 saturated carbocycles. The fourth-order valence-corrected chi connectivity index (χ4v) is 7.20. The zero-order valence-electron chi connectivity index (χ0n) is 32.7. The number of methoxy groups -OCH3 is 1. The van der Waals surface area contributed by atoms with Crippen LogP contribution >= 0.6 is 0 Å². The molecular formula is C40H51N7O6Si. The molecule has 0 amide bonds. The molecule has 5 aromatic rings. The zero-order valence-corrected chi connectivity index (χ0v) is 33.7. The number of aromatic nitrogens is 3. The Balaban J connectivity index is 1.31. The van der Waals surface area contributed by atoms with E-state index in [1.807, 2.05) is 49.1 Å². The lowest BCUT2D eigenvalue weighted by Crippen LogP contribution is -2.44. The zero-order chi connectivity index (χ0) is 38.8. The molecule has 0 unspecified atom stereocenters. The smallest absolute Gasteiger partial charge is 0.294 e. The molecule has 13 nitrogen and oxygen atoms in total. The van der Waals surface area contributed by atoms with E-state index in [2.05, 4.69) is 85.3 Å². The molecule has 1 aliphatic rings. The third-order valence-electron chi connectivity index (χ3n) is 10.2. The van der Waals surface area contributed by atoms with Crippen molar-refractivity contribution in [2.24, 2.45) is 0 Å². The fraction of sp³-hybridized carbons (Fsp3) is 0.400. The van der Waals surface area contributed by atoms with E-state index in [-0.39, 0.29) is 21.6 Å². The van der Waals surface area contributed by atoms with Crippen LogP contribution in [0, 0.1) is 10.1 Å². The summed E-state index contributed by atoms with van der Waals surface area (Å²) in [5.41, 5.74) is 5.45. The van der Waals surface area contributed by atoms with Crippen molar-refractivity contribution in [2.45, 2.75) is 51.7 Å². The first-order chi connectivity index (χ1) is 25.6. The minimum absolute atomic E-state index is 0.0362. The number of benzene rings is 3. The summed E-state index contributed by atoms with van der Waals surface area (Å²) in [5, 5.41) is 16.5. The molecule has 1 saturated heterocycles. The molecule has 0 bridgehead atoms. The second kappa shape index (κ2) is 15.8. The number of nitro groups is 1. The van der Waals surface area contributed by atoms with Gasteiger partial charge in [0.1, 0.15) is 17.2 Å². The molecule has 2 aromatic heterocycles. The highest BCUT2D eigenvalue weighted by Gasteiger charge is 2.40. The maximum Gasteiger partial charge on any atom is 0.294 e. The first kappa shape index (κ1) is 38.7. The van der Waals surface area contributed by atoms with Crippen LogP contribution in [0.5, 0.6) is 11.5 Å². The third kappa shape index (κ3) is 8.36. The van der Waals surface area contributed by atoms with Gasteiger partial charge in [-0.25, -0.2) is 9.97 Å². The summed E-state index contributed by atoms with van der Waals surface area (Å²) in [5.74, 6) is 1.53. The normalized spacial score (nSPS) is 13.8. The molecular weight excluding hydrogens is 703 g/mol. The first-order valence-corrected chi connectivity index (χ1v) is 21.0.